The monoisotopic (exact) mass is 459 g/mol. The van der Waals surface area contributed by atoms with Crippen molar-refractivity contribution in [3.8, 4) is 11.5 Å². The van der Waals surface area contributed by atoms with Crippen molar-refractivity contribution in [2.75, 3.05) is 25.2 Å². The Hall–Kier alpha value is -3.64. The first kappa shape index (κ1) is 23.5. The van der Waals surface area contributed by atoms with Gasteiger partial charge in [-0.15, -0.1) is 0 Å². The highest BCUT2D eigenvalue weighted by atomic mass is 16.5. The summed E-state index contributed by atoms with van der Waals surface area (Å²) >= 11 is 0. The zero-order valence-electron chi connectivity index (χ0n) is 19.5. The lowest BCUT2D eigenvalue weighted by molar-refractivity contribution is -0.135. The molecule has 0 spiro atoms. The molecule has 1 amide bonds. The number of Topliss-reactive ketones (excluding diaryl/α,β-unsaturated/α-hetero) is 1. The van der Waals surface area contributed by atoms with Crippen LogP contribution in [0.25, 0.3) is 0 Å². The second-order valence-electron chi connectivity index (χ2n) is 8.38. The van der Waals surface area contributed by atoms with Crippen molar-refractivity contribution in [2.24, 2.45) is 0 Å². The number of fused-ring (bicyclic) bond motifs is 1. The number of aliphatic hydroxyl groups is 1. The molecule has 1 heterocycles. The van der Waals surface area contributed by atoms with Crippen LogP contribution in [-0.4, -0.2) is 37.1 Å². The number of aryl methyl sites for hydroxylation is 1. The van der Waals surface area contributed by atoms with Crippen molar-refractivity contribution in [2.45, 2.75) is 31.8 Å². The minimum Gasteiger partial charge on any atom is -0.493 e. The van der Waals surface area contributed by atoms with E-state index in [1.807, 2.05) is 24.3 Å². The Labute approximate surface area is 199 Å². The molecule has 0 aromatic heterocycles. The van der Waals surface area contributed by atoms with Crippen LogP contribution in [0.15, 0.2) is 72.8 Å². The van der Waals surface area contributed by atoms with E-state index in [0.717, 1.165) is 18.4 Å². The topological polar surface area (TPSA) is 76.1 Å². The SMILES string of the molecule is CCCc1ccc(C(=O)C[C@]2(O)C(=O)N(CCOc3ccccc3OC)c3ccccc32)cc1. The van der Waals surface area contributed by atoms with Gasteiger partial charge in [0.15, 0.2) is 22.9 Å². The number of nitrogens with zero attached hydrogens (tertiary/aromatic N) is 1. The van der Waals surface area contributed by atoms with Crippen LogP contribution in [0.3, 0.4) is 0 Å². The lowest BCUT2D eigenvalue weighted by Crippen LogP contribution is -2.43. The molecule has 1 atom stereocenters. The predicted octanol–water partition coefficient (Wildman–Crippen LogP) is 4.53. The average Bonchev–Trinajstić information content (AvgIpc) is 3.06. The van der Waals surface area contributed by atoms with Crippen LogP contribution >= 0.6 is 0 Å². The van der Waals surface area contributed by atoms with Crippen molar-refractivity contribution >= 4 is 17.4 Å². The Morgan fingerprint density at radius 2 is 1.65 bits per heavy atom. The maximum Gasteiger partial charge on any atom is 0.264 e. The normalized spacial score (nSPS) is 16.9. The van der Waals surface area contributed by atoms with Gasteiger partial charge in [-0.1, -0.05) is 67.9 Å². The lowest BCUT2D eigenvalue weighted by Gasteiger charge is -2.23. The molecule has 3 aromatic carbocycles. The molecule has 176 valence electrons. The van der Waals surface area contributed by atoms with Crippen molar-refractivity contribution in [3.63, 3.8) is 0 Å². The minimum atomic E-state index is -1.92. The van der Waals surface area contributed by atoms with Gasteiger partial charge in [-0.05, 0) is 30.2 Å². The van der Waals surface area contributed by atoms with E-state index < -0.39 is 11.5 Å². The van der Waals surface area contributed by atoms with Gasteiger partial charge in [0.2, 0.25) is 0 Å². The number of benzene rings is 3. The number of carbonyl (C=O) groups excluding carboxylic acids is 2. The van der Waals surface area contributed by atoms with Crippen LogP contribution in [0.4, 0.5) is 5.69 Å². The first-order valence-corrected chi connectivity index (χ1v) is 11.5. The van der Waals surface area contributed by atoms with Crippen LogP contribution in [0, 0.1) is 0 Å². The van der Waals surface area contributed by atoms with Crippen molar-refractivity contribution in [1.29, 1.82) is 0 Å². The summed E-state index contributed by atoms with van der Waals surface area (Å²) < 4.78 is 11.1. The summed E-state index contributed by atoms with van der Waals surface area (Å²) in [5.74, 6) is 0.374. The molecular weight excluding hydrogens is 430 g/mol. The summed E-state index contributed by atoms with van der Waals surface area (Å²) in [6, 6.07) is 21.7. The molecule has 0 radical (unpaired) electrons. The number of anilines is 1. The molecule has 1 aliphatic rings. The standard InChI is InChI=1S/C28H29NO5/c1-3-8-20-13-15-21(16-14-20)24(30)19-28(32)22-9-4-5-10-23(22)29(27(28)31)17-18-34-26-12-7-6-11-25(26)33-2/h4-7,9-16,32H,3,8,17-19H2,1-2H3/t28-/m1/s1. The summed E-state index contributed by atoms with van der Waals surface area (Å²) in [5.41, 5.74) is 0.746. The van der Waals surface area contributed by atoms with Crippen molar-refractivity contribution in [1.82, 2.24) is 0 Å². The summed E-state index contributed by atoms with van der Waals surface area (Å²) in [4.78, 5) is 27.9. The van der Waals surface area contributed by atoms with Crippen LogP contribution in [-0.2, 0) is 16.8 Å². The van der Waals surface area contributed by atoms with Gasteiger partial charge in [0.1, 0.15) is 6.61 Å². The fraction of sp³-hybridized carbons (Fsp3) is 0.286. The predicted molar refractivity (Wildman–Crippen MR) is 131 cm³/mol. The molecule has 0 bridgehead atoms. The second kappa shape index (κ2) is 10.1. The van der Waals surface area contributed by atoms with Gasteiger partial charge in [-0.3, -0.25) is 9.59 Å². The Kier molecular flexibility index (Phi) is 6.98. The molecule has 4 rings (SSSR count). The number of para-hydroxylation sites is 3. The van der Waals surface area contributed by atoms with E-state index in [-0.39, 0.29) is 25.4 Å². The van der Waals surface area contributed by atoms with Crippen LogP contribution in [0.2, 0.25) is 0 Å². The van der Waals surface area contributed by atoms with E-state index in [1.54, 1.807) is 55.6 Å². The highest BCUT2D eigenvalue weighted by molar-refractivity contribution is 6.10. The van der Waals surface area contributed by atoms with Crippen LogP contribution in [0.5, 0.6) is 11.5 Å². The third-order valence-corrected chi connectivity index (χ3v) is 6.11. The Morgan fingerprint density at radius 1 is 0.971 bits per heavy atom. The van der Waals surface area contributed by atoms with Crippen molar-refractivity contribution in [3.05, 3.63) is 89.5 Å². The fourth-order valence-electron chi connectivity index (χ4n) is 4.36. The van der Waals surface area contributed by atoms with Crippen LogP contribution < -0.4 is 14.4 Å². The Morgan fingerprint density at radius 3 is 2.35 bits per heavy atom. The quantitative estimate of drug-likeness (QED) is 0.451. The molecular formula is C28H29NO5. The van der Waals surface area contributed by atoms with Crippen molar-refractivity contribution < 1.29 is 24.2 Å². The number of ketones is 1. The first-order chi connectivity index (χ1) is 16.5. The summed E-state index contributed by atoms with van der Waals surface area (Å²) in [6.07, 6.45) is 1.64. The third kappa shape index (κ3) is 4.54. The summed E-state index contributed by atoms with van der Waals surface area (Å²) in [7, 11) is 1.57. The van der Waals surface area contributed by atoms with E-state index in [4.69, 9.17) is 9.47 Å². The number of ether oxygens (including phenoxy) is 2. The zero-order valence-corrected chi connectivity index (χ0v) is 19.5. The second-order valence-corrected chi connectivity index (χ2v) is 8.38. The summed E-state index contributed by atoms with van der Waals surface area (Å²) in [5, 5.41) is 11.5. The molecule has 0 unspecified atom stereocenters. The first-order valence-electron chi connectivity index (χ1n) is 11.5. The van der Waals surface area contributed by atoms with E-state index in [1.165, 1.54) is 4.90 Å². The van der Waals surface area contributed by atoms with Gasteiger partial charge in [0.05, 0.1) is 25.8 Å². The molecule has 6 nitrogen and oxygen atoms in total. The van der Waals surface area contributed by atoms with E-state index >= 15 is 0 Å². The molecule has 0 fully saturated rings. The van der Waals surface area contributed by atoms with Gasteiger partial charge >= 0.3 is 0 Å². The van der Waals surface area contributed by atoms with E-state index in [2.05, 4.69) is 6.92 Å². The third-order valence-electron chi connectivity index (χ3n) is 6.11. The number of amides is 1. The Bertz CT molecular complexity index is 1170. The maximum absolute atomic E-state index is 13.4. The van der Waals surface area contributed by atoms with Gasteiger partial charge in [0.25, 0.3) is 5.91 Å². The highest BCUT2D eigenvalue weighted by Crippen LogP contribution is 2.42. The largest absolute Gasteiger partial charge is 0.493 e. The maximum atomic E-state index is 13.4. The molecule has 6 heteroatoms. The minimum absolute atomic E-state index is 0.198. The smallest absolute Gasteiger partial charge is 0.264 e. The lowest BCUT2D eigenvalue weighted by atomic mass is 9.88. The Balaban J connectivity index is 1.51. The molecule has 0 saturated carbocycles. The van der Waals surface area contributed by atoms with E-state index in [9.17, 15) is 14.7 Å². The molecule has 0 aliphatic carbocycles. The molecule has 0 saturated heterocycles. The zero-order chi connectivity index (χ0) is 24.1. The molecule has 1 N–H and O–H groups in total. The number of methoxy groups -OCH3 is 1. The molecule has 3 aromatic rings. The van der Waals surface area contributed by atoms with Gasteiger partial charge in [0, 0.05) is 11.1 Å². The summed E-state index contributed by atoms with van der Waals surface area (Å²) in [6.45, 7) is 2.52. The number of rotatable bonds is 10. The number of carbonyl (C=O) groups is 2. The molecule has 1 aliphatic heterocycles. The molecule has 34 heavy (non-hydrogen) atoms. The number of hydrogen-bond donors (Lipinski definition) is 1. The van der Waals surface area contributed by atoms with Crippen LogP contribution in [0.1, 0.15) is 41.3 Å². The van der Waals surface area contributed by atoms with E-state index in [0.29, 0.717) is 28.3 Å². The van der Waals surface area contributed by atoms with Gasteiger partial charge in [-0.25, -0.2) is 0 Å². The number of hydrogen-bond acceptors (Lipinski definition) is 5. The highest BCUT2D eigenvalue weighted by Gasteiger charge is 2.50. The average molecular weight is 460 g/mol. The van der Waals surface area contributed by atoms with Gasteiger partial charge < -0.3 is 19.5 Å². The van der Waals surface area contributed by atoms with Gasteiger partial charge in [-0.2, -0.15) is 0 Å². The fourth-order valence-corrected chi connectivity index (χ4v) is 4.36.